The van der Waals surface area contributed by atoms with Crippen LogP contribution < -0.4 is 5.32 Å². The summed E-state index contributed by atoms with van der Waals surface area (Å²) in [5.74, 6) is -0.104. The predicted octanol–water partition coefficient (Wildman–Crippen LogP) is 1.07. The van der Waals surface area contributed by atoms with Crippen LogP contribution in [0.15, 0.2) is 12.3 Å². The van der Waals surface area contributed by atoms with Crippen molar-refractivity contribution < 1.29 is 9.59 Å². The maximum atomic E-state index is 12.6. The number of nitrogens with one attached hydrogen (secondary N) is 1. The van der Waals surface area contributed by atoms with Crippen LogP contribution in [0.25, 0.3) is 0 Å². The fraction of sp³-hybridized carbons (Fsp3) is 0.667. The van der Waals surface area contributed by atoms with E-state index in [0.717, 1.165) is 5.69 Å². The van der Waals surface area contributed by atoms with Gasteiger partial charge in [0.2, 0.25) is 11.8 Å². The molecule has 1 saturated heterocycles. The number of rotatable bonds is 3. The van der Waals surface area contributed by atoms with Gasteiger partial charge in [-0.25, -0.2) is 0 Å². The Morgan fingerprint density at radius 3 is 2.48 bits per heavy atom. The SMILES string of the molecule is CCC1NC(=O)C(C(C)(C)C)N(Cc2ccn(C)n2)C1=O. The first kappa shape index (κ1) is 15.5. The zero-order valence-corrected chi connectivity index (χ0v) is 13.4. The fourth-order valence-electron chi connectivity index (χ4n) is 2.81. The number of piperazine rings is 1. The van der Waals surface area contributed by atoms with Crippen LogP contribution in [0.3, 0.4) is 0 Å². The smallest absolute Gasteiger partial charge is 0.246 e. The zero-order chi connectivity index (χ0) is 15.8. The third-order valence-electron chi connectivity index (χ3n) is 3.79. The summed E-state index contributed by atoms with van der Waals surface area (Å²) in [6.07, 6.45) is 2.44. The van der Waals surface area contributed by atoms with Crippen LogP contribution in [0.1, 0.15) is 39.8 Å². The van der Waals surface area contributed by atoms with Gasteiger partial charge in [0, 0.05) is 13.2 Å². The number of amides is 2. The molecule has 6 nitrogen and oxygen atoms in total. The highest BCUT2D eigenvalue weighted by molar-refractivity contribution is 5.97. The van der Waals surface area contributed by atoms with E-state index in [1.807, 2.05) is 47.0 Å². The van der Waals surface area contributed by atoms with E-state index in [1.54, 1.807) is 9.58 Å². The summed E-state index contributed by atoms with van der Waals surface area (Å²) in [6.45, 7) is 8.19. The normalized spacial score (nSPS) is 23.4. The molecule has 0 saturated carbocycles. The molecule has 0 spiro atoms. The Balaban J connectivity index is 2.33. The van der Waals surface area contributed by atoms with Gasteiger partial charge in [-0.2, -0.15) is 5.10 Å². The quantitative estimate of drug-likeness (QED) is 0.906. The van der Waals surface area contributed by atoms with Crippen molar-refractivity contribution in [3.63, 3.8) is 0 Å². The third kappa shape index (κ3) is 3.09. The Bertz CT molecular complexity index is 544. The van der Waals surface area contributed by atoms with Crippen molar-refractivity contribution in [2.75, 3.05) is 0 Å². The Morgan fingerprint density at radius 1 is 1.33 bits per heavy atom. The van der Waals surface area contributed by atoms with Crippen LogP contribution in [0, 0.1) is 5.41 Å². The maximum absolute atomic E-state index is 12.6. The number of aromatic nitrogens is 2. The molecule has 2 atom stereocenters. The first-order valence-electron chi connectivity index (χ1n) is 7.33. The molecule has 21 heavy (non-hydrogen) atoms. The summed E-state index contributed by atoms with van der Waals surface area (Å²) in [5.41, 5.74) is 0.470. The summed E-state index contributed by atoms with van der Waals surface area (Å²) >= 11 is 0. The molecule has 1 aliphatic rings. The summed E-state index contributed by atoms with van der Waals surface area (Å²) in [7, 11) is 1.84. The van der Waals surface area contributed by atoms with Crippen molar-refractivity contribution in [3.8, 4) is 0 Å². The summed E-state index contributed by atoms with van der Waals surface area (Å²) in [5, 5.41) is 7.16. The molecule has 0 aliphatic carbocycles. The topological polar surface area (TPSA) is 67.2 Å². The lowest BCUT2D eigenvalue weighted by atomic mass is 9.83. The molecule has 6 heteroatoms. The van der Waals surface area contributed by atoms with Crippen molar-refractivity contribution in [1.82, 2.24) is 20.0 Å². The lowest BCUT2D eigenvalue weighted by molar-refractivity contribution is -0.154. The van der Waals surface area contributed by atoms with Crippen LogP contribution in [-0.4, -0.2) is 38.6 Å². The Hall–Kier alpha value is -1.85. The van der Waals surface area contributed by atoms with Gasteiger partial charge in [-0.15, -0.1) is 0 Å². The van der Waals surface area contributed by atoms with Gasteiger partial charge < -0.3 is 10.2 Å². The summed E-state index contributed by atoms with van der Waals surface area (Å²) in [6, 6.07) is 0.968. The first-order chi connectivity index (χ1) is 9.74. The average molecular weight is 292 g/mol. The number of hydrogen-bond acceptors (Lipinski definition) is 3. The molecular formula is C15H24N4O2. The standard InChI is InChI=1S/C15H24N4O2/c1-6-11-14(21)19(9-10-7-8-18(5)17-10)12(13(20)16-11)15(2,3)4/h7-8,11-12H,6,9H2,1-5H3,(H,16,20). The number of aryl methyl sites for hydroxylation is 1. The molecule has 116 valence electrons. The third-order valence-corrected chi connectivity index (χ3v) is 3.79. The molecule has 0 radical (unpaired) electrons. The van der Waals surface area contributed by atoms with Gasteiger partial charge in [0.15, 0.2) is 0 Å². The summed E-state index contributed by atoms with van der Waals surface area (Å²) in [4.78, 5) is 26.8. The van der Waals surface area contributed by atoms with Crippen LogP contribution in [-0.2, 0) is 23.2 Å². The lowest BCUT2D eigenvalue weighted by Crippen LogP contribution is -2.66. The first-order valence-corrected chi connectivity index (χ1v) is 7.33. The molecule has 1 N–H and O–H groups in total. The van der Waals surface area contributed by atoms with Gasteiger partial charge in [0.05, 0.1) is 12.2 Å². The Morgan fingerprint density at radius 2 is 2.00 bits per heavy atom. The molecule has 1 aromatic heterocycles. The lowest BCUT2D eigenvalue weighted by Gasteiger charge is -2.44. The van der Waals surface area contributed by atoms with Crippen molar-refractivity contribution in [3.05, 3.63) is 18.0 Å². The van der Waals surface area contributed by atoms with E-state index in [-0.39, 0.29) is 17.2 Å². The minimum atomic E-state index is -0.477. The average Bonchev–Trinajstić information content (AvgIpc) is 2.77. The van der Waals surface area contributed by atoms with Crippen LogP contribution in [0.2, 0.25) is 0 Å². The minimum Gasteiger partial charge on any atom is -0.342 e. The molecule has 1 aliphatic heterocycles. The summed E-state index contributed by atoms with van der Waals surface area (Å²) < 4.78 is 1.70. The van der Waals surface area contributed by atoms with Gasteiger partial charge >= 0.3 is 0 Å². The molecule has 2 heterocycles. The van der Waals surface area contributed by atoms with E-state index < -0.39 is 12.1 Å². The second kappa shape index (κ2) is 5.50. The number of carbonyl (C=O) groups is 2. The molecule has 2 unspecified atom stereocenters. The predicted molar refractivity (Wildman–Crippen MR) is 79.2 cm³/mol. The Labute approximate surface area is 125 Å². The molecule has 0 bridgehead atoms. The highest BCUT2D eigenvalue weighted by Gasteiger charge is 2.45. The van der Waals surface area contributed by atoms with Gasteiger partial charge in [-0.3, -0.25) is 14.3 Å². The van der Waals surface area contributed by atoms with Crippen LogP contribution in [0.4, 0.5) is 0 Å². The molecule has 2 rings (SSSR count). The number of hydrogen-bond donors (Lipinski definition) is 1. The Kier molecular flexibility index (Phi) is 4.07. The van der Waals surface area contributed by atoms with Crippen LogP contribution >= 0.6 is 0 Å². The molecule has 0 aromatic carbocycles. The molecule has 2 amide bonds. The van der Waals surface area contributed by atoms with Crippen molar-refractivity contribution in [1.29, 1.82) is 0 Å². The van der Waals surface area contributed by atoms with Gasteiger partial charge in [-0.1, -0.05) is 27.7 Å². The highest BCUT2D eigenvalue weighted by atomic mass is 16.2. The monoisotopic (exact) mass is 292 g/mol. The minimum absolute atomic E-state index is 0.0253. The highest BCUT2D eigenvalue weighted by Crippen LogP contribution is 2.29. The van der Waals surface area contributed by atoms with E-state index in [4.69, 9.17) is 0 Å². The van der Waals surface area contributed by atoms with Crippen molar-refractivity contribution in [2.24, 2.45) is 12.5 Å². The largest absolute Gasteiger partial charge is 0.342 e. The van der Waals surface area contributed by atoms with Gasteiger partial charge in [-0.05, 0) is 17.9 Å². The van der Waals surface area contributed by atoms with Crippen molar-refractivity contribution in [2.45, 2.75) is 52.7 Å². The number of nitrogens with zero attached hydrogens (tertiary/aromatic N) is 3. The second-order valence-corrected chi connectivity index (χ2v) is 6.68. The molecule has 1 fully saturated rings. The van der Waals surface area contributed by atoms with Crippen molar-refractivity contribution >= 4 is 11.8 Å². The van der Waals surface area contributed by atoms with E-state index in [1.165, 1.54) is 0 Å². The van der Waals surface area contributed by atoms with Crippen LogP contribution in [0.5, 0.6) is 0 Å². The second-order valence-electron chi connectivity index (χ2n) is 6.68. The fourth-order valence-corrected chi connectivity index (χ4v) is 2.81. The van der Waals surface area contributed by atoms with Gasteiger partial charge in [0.25, 0.3) is 0 Å². The van der Waals surface area contributed by atoms with E-state index in [9.17, 15) is 9.59 Å². The van der Waals surface area contributed by atoms with Gasteiger partial charge in [0.1, 0.15) is 12.1 Å². The van der Waals surface area contributed by atoms with E-state index >= 15 is 0 Å². The molecular weight excluding hydrogens is 268 g/mol. The van der Waals surface area contributed by atoms with E-state index in [0.29, 0.717) is 13.0 Å². The maximum Gasteiger partial charge on any atom is 0.246 e. The van der Waals surface area contributed by atoms with E-state index in [2.05, 4.69) is 10.4 Å². The number of carbonyl (C=O) groups excluding carboxylic acids is 2. The molecule has 1 aromatic rings. The zero-order valence-electron chi connectivity index (χ0n) is 13.4.